The van der Waals surface area contributed by atoms with Gasteiger partial charge in [-0.15, -0.1) is 0 Å². The fraction of sp³-hybridized carbons (Fsp3) is 0.458. The van der Waals surface area contributed by atoms with E-state index in [1.807, 2.05) is 37.4 Å². The lowest BCUT2D eigenvalue weighted by atomic mass is 10.0. The van der Waals surface area contributed by atoms with Crippen LogP contribution >= 0.6 is 0 Å². The molecule has 0 saturated carbocycles. The Kier molecular flexibility index (Phi) is 8.44. The zero-order valence-electron chi connectivity index (χ0n) is 18.7. The second-order valence-corrected chi connectivity index (χ2v) is 7.93. The summed E-state index contributed by atoms with van der Waals surface area (Å²) in [6.07, 6.45) is 7.78. The maximum atomic E-state index is 12.8. The highest BCUT2D eigenvalue weighted by Crippen LogP contribution is 2.20. The van der Waals surface area contributed by atoms with Gasteiger partial charge in [0.25, 0.3) is 5.91 Å². The molecular formula is C24H32N4O4. The number of para-hydroxylation sites is 1. The second-order valence-electron chi connectivity index (χ2n) is 7.93. The number of unbranched alkanes of at least 4 members (excludes halogenated alkanes) is 2. The van der Waals surface area contributed by atoms with Gasteiger partial charge in [-0.05, 0) is 24.5 Å². The SMILES string of the molecule is CCCCOC(=O)C(Cc1c[nH]c2ccccc12)NC(=O)c1coc(C(N)CCCC)n1. The fourth-order valence-electron chi connectivity index (χ4n) is 3.47. The van der Waals surface area contributed by atoms with Gasteiger partial charge in [0, 0.05) is 23.5 Å². The third-order valence-corrected chi connectivity index (χ3v) is 5.37. The lowest BCUT2D eigenvalue weighted by Gasteiger charge is -2.17. The molecule has 2 unspecified atom stereocenters. The zero-order valence-corrected chi connectivity index (χ0v) is 18.7. The van der Waals surface area contributed by atoms with Crippen molar-refractivity contribution in [2.45, 2.75) is 64.5 Å². The first kappa shape index (κ1) is 23.5. The summed E-state index contributed by atoms with van der Waals surface area (Å²) < 4.78 is 10.8. The quantitative estimate of drug-likeness (QED) is 0.289. The number of nitrogens with zero attached hydrogens (tertiary/aromatic N) is 1. The fourth-order valence-corrected chi connectivity index (χ4v) is 3.47. The molecule has 3 rings (SSSR count). The van der Waals surface area contributed by atoms with Gasteiger partial charge in [-0.2, -0.15) is 0 Å². The Morgan fingerprint density at radius 1 is 1.22 bits per heavy atom. The van der Waals surface area contributed by atoms with Gasteiger partial charge in [-0.25, -0.2) is 9.78 Å². The Labute approximate surface area is 187 Å². The lowest BCUT2D eigenvalue weighted by Crippen LogP contribution is -2.43. The molecule has 4 N–H and O–H groups in total. The number of aromatic amines is 1. The molecular weight excluding hydrogens is 408 g/mol. The molecule has 3 aromatic rings. The first-order chi connectivity index (χ1) is 15.5. The minimum atomic E-state index is -0.854. The average Bonchev–Trinajstić information content (AvgIpc) is 3.45. The Balaban J connectivity index is 1.74. The number of esters is 1. The number of H-pyrrole nitrogens is 1. The van der Waals surface area contributed by atoms with Crippen LogP contribution in [0.2, 0.25) is 0 Å². The van der Waals surface area contributed by atoms with Crippen molar-refractivity contribution in [1.82, 2.24) is 15.3 Å². The summed E-state index contributed by atoms with van der Waals surface area (Å²) in [5, 5.41) is 3.77. The van der Waals surface area contributed by atoms with E-state index in [1.165, 1.54) is 6.26 Å². The molecule has 0 aliphatic heterocycles. The molecule has 0 bridgehead atoms. The van der Waals surface area contributed by atoms with Crippen LogP contribution in [0.15, 0.2) is 41.1 Å². The number of nitrogens with one attached hydrogen (secondary N) is 2. The molecule has 0 radical (unpaired) electrons. The Hall–Kier alpha value is -3.13. The average molecular weight is 441 g/mol. The molecule has 0 aliphatic carbocycles. The van der Waals surface area contributed by atoms with Crippen LogP contribution in [0, 0.1) is 0 Å². The summed E-state index contributed by atoms with van der Waals surface area (Å²) >= 11 is 0. The second kappa shape index (κ2) is 11.5. The standard InChI is InChI=1S/C24H32N4O4/c1-3-5-10-18(25)23-28-21(15-32-23)22(29)27-20(24(30)31-12-6-4-2)13-16-14-26-19-11-8-7-9-17(16)19/h7-9,11,14-15,18,20,26H,3-6,10,12-13,25H2,1-2H3,(H,27,29). The van der Waals surface area contributed by atoms with Crippen molar-refractivity contribution in [1.29, 1.82) is 0 Å². The van der Waals surface area contributed by atoms with E-state index in [4.69, 9.17) is 14.9 Å². The Morgan fingerprint density at radius 3 is 2.78 bits per heavy atom. The number of ether oxygens (including phenoxy) is 1. The normalized spacial score (nSPS) is 13.1. The number of aromatic nitrogens is 2. The maximum Gasteiger partial charge on any atom is 0.328 e. The number of amides is 1. The Morgan fingerprint density at radius 2 is 2.00 bits per heavy atom. The number of hydrogen-bond acceptors (Lipinski definition) is 6. The number of carbonyl (C=O) groups is 2. The van der Waals surface area contributed by atoms with E-state index in [1.54, 1.807) is 0 Å². The molecule has 8 heteroatoms. The molecule has 0 fully saturated rings. The zero-order chi connectivity index (χ0) is 22.9. The van der Waals surface area contributed by atoms with Crippen molar-refractivity contribution in [3.63, 3.8) is 0 Å². The van der Waals surface area contributed by atoms with E-state index in [2.05, 4.69) is 22.2 Å². The van der Waals surface area contributed by atoms with Crippen molar-refractivity contribution in [2.75, 3.05) is 6.61 Å². The summed E-state index contributed by atoms with van der Waals surface area (Å²) in [6, 6.07) is 6.60. The van der Waals surface area contributed by atoms with Gasteiger partial charge in [0.1, 0.15) is 12.3 Å². The highest BCUT2D eigenvalue weighted by atomic mass is 16.5. The summed E-state index contributed by atoms with van der Waals surface area (Å²) in [4.78, 5) is 33.0. The van der Waals surface area contributed by atoms with Crippen molar-refractivity contribution >= 4 is 22.8 Å². The van der Waals surface area contributed by atoms with E-state index < -0.39 is 17.9 Å². The molecule has 8 nitrogen and oxygen atoms in total. The summed E-state index contributed by atoms with van der Waals surface area (Å²) in [5.41, 5.74) is 8.07. The molecule has 1 amide bonds. The van der Waals surface area contributed by atoms with E-state index >= 15 is 0 Å². The third-order valence-electron chi connectivity index (χ3n) is 5.37. The van der Waals surface area contributed by atoms with Gasteiger partial charge in [0.15, 0.2) is 5.69 Å². The van der Waals surface area contributed by atoms with Crippen molar-refractivity contribution < 1.29 is 18.7 Å². The molecule has 0 saturated heterocycles. The van der Waals surface area contributed by atoms with Crippen LogP contribution in [0.4, 0.5) is 0 Å². The van der Waals surface area contributed by atoms with Gasteiger partial charge in [-0.1, -0.05) is 51.3 Å². The van der Waals surface area contributed by atoms with Crippen LogP contribution in [0.3, 0.4) is 0 Å². The van der Waals surface area contributed by atoms with Crippen molar-refractivity contribution in [3.8, 4) is 0 Å². The van der Waals surface area contributed by atoms with Gasteiger partial charge >= 0.3 is 5.97 Å². The topological polar surface area (TPSA) is 123 Å². The molecule has 32 heavy (non-hydrogen) atoms. The summed E-state index contributed by atoms with van der Waals surface area (Å²) in [7, 11) is 0. The number of fused-ring (bicyclic) bond motifs is 1. The van der Waals surface area contributed by atoms with Gasteiger partial charge in [0.2, 0.25) is 5.89 Å². The lowest BCUT2D eigenvalue weighted by molar-refractivity contribution is -0.146. The first-order valence-corrected chi connectivity index (χ1v) is 11.3. The van der Waals surface area contributed by atoms with Crippen LogP contribution in [0.25, 0.3) is 10.9 Å². The molecule has 0 spiro atoms. The van der Waals surface area contributed by atoms with Gasteiger partial charge < -0.3 is 25.2 Å². The van der Waals surface area contributed by atoms with Crippen LogP contribution in [0.1, 0.15) is 73.9 Å². The minimum Gasteiger partial charge on any atom is -0.464 e. The number of hydrogen-bond donors (Lipinski definition) is 3. The number of oxazole rings is 1. The predicted molar refractivity (Wildman–Crippen MR) is 122 cm³/mol. The molecule has 2 heterocycles. The number of rotatable bonds is 12. The van der Waals surface area contributed by atoms with Crippen LogP contribution in [-0.2, 0) is 16.0 Å². The molecule has 2 atom stereocenters. The molecule has 2 aromatic heterocycles. The molecule has 172 valence electrons. The largest absolute Gasteiger partial charge is 0.464 e. The van der Waals surface area contributed by atoms with Crippen molar-refractivity contribution in [2.24, 2.45) is 5.73 Å². The molecule has 0 aliphatic rings. The Bertz CT molecular complexity index is 1030. The number of nitrogens with two attached hydrogens (primary N) is 1. The van der Waals surface area contributed by atoms with Gasteiger partial charge in [0.05, 0.1) is 12.6 Å². The first-order valence-electron chi connectivity index (χ1n) is 11.3. The highest BCUT2D eigenvalue weighted by molar-refractivity contribution is 5.95. The summed E-state index contributed by atoms with van der Waals surface area (Å²) in [5.74, 6) is -0.650. The molecule has 1 aromatic carbocycles. The minimum absolute atomic E-state index is 0.0947. The van der Waals surface area contributed by atoms with E-state index in [0.717, 1.165) is 48.6 Å². The number of benzene rings is 1. The highest BCUT2D eigenvalue weighted by Gasteiger charge is 2.26. The monoisotopic (exact) mass is 440 g/mol. The smallest absolute Gasteiger partial charge is 0.328 e. The predicted octanol–water partition coefficient (Wildman–Crippen LogP) is 4.03. The van der Waals surface area contributed by atoms with E-state index in [9.17, 15) is 9.59 Å². The number of carbonyl (C=O) groups excluding carboxylic acids is 2. The van der Waals surface area contributed by atoms with Crippen LogP contribution < -0.4 is 11.1 Å². The third kappa shape index (κ3) is 5.97. The van der Waals surface area contributed by atoms with Gasteiger partial charge in [-0.3, -0.25) is 4.79 Å². The van der Waals surface area contributed by atoms with E-state index in [-0.39, 0.29) is 11.7 Å². The van der Waals surface area contributed by atoms with Crippen molar-refractivity contribution in [3.05, 3.63) is 53.9 Å². The van der Waals surface area contributed by atoms with E-state index in [0.29, 0.717) is 18.9 Å². The van der Waals surface area contributed by atoms with Crippen LogP contribution in [0.5, 0.6) is 0 Å². The van der Waals surface area contributed by atoms with Crippen LogP contribution in [-0.4, -0.2) is 34.5 Å². The maximum absolute atomic E-state index is 12.8. The summed E-state index contributed by atoms with van der Waals surface area (Å²) in [6.45, 7) is 4.41.